The first-order chi connectivity index (χ1) is 18.1. The zero-order chi connectivity index (χ0) is 25.6. The Morgan fingerprint density at radius 2 is 1.62 bits per heavy atom. The molecular formula is C30H23BrClN3O2. The molecule has 0 fully saturated rings. The Kier molecular flexibility index (Phi) is 7.68. The minimum absolute atomic E-state index is 0.158. The number of carbonyl (C=O) groups excluding carboxylic acids is 1. The molecule has 0 aliphatic carbocycles. The van der Waals surface area contributed by atoms with Crippen LogP contribution in [-0.2, 0) is 13.2 Å². The lowest BCUT2D eigenvalue weighted by Gasteiger charge is -2.09. The lowest BCUT2D eigenvalue weighted by atomic mass is 10.1. The number of halogens is 2. The van der Waals surface area contributed by atoms with Crippen LogP contribution in [-0.4, -0.2) is 15.7 Å². The molecule has 5 rings (SSSR count). The molecule has 1 amide bonds. The van der Waals surface area contributed by atoms with Gasteiger partial charge in [0.15, 0.2) is 0 Å². The standard InChI is InChI=1S/C30H23BrClN3O2/c31-25-15-16-28(27(32)17-25)37-20-21-11-13-23(14-12-21)30(36)33-18-24-19-35(26-9-5-2-6-10-26)34-29(24)22-7-3-1-4-8-22/h1-17,19H,18,20H2,(H,33,36). The van der Waals surface area contributed by atoms with Gasteiger partial charge in [-0.3, -0.25) is 4.79 Å². The summed E-state index contributed by atoms with van der Waals surface area (Å²) < 4.78 is 8.55. The number of hydrogen-bond acceptors (Lipinski definition) is 3. The fourth-order valence-electron chi connectivity index (χ4n) is 3.87. The Hall–Kier alpha value is -3.87. The molecule has 5 aromatic rings. The first kappa shape index (κ1) is 24.8. The molecule has 5 nitrogen and oxygen atoms in total. The fourth-order valence-corrected chi connectivity index (χ4v) is 4.60. The van der Waals surface area contributed by atoms with Gasteiger partial charge in [0.1, 0.15) is 12.4 Å². The quantitative estimate of drug-likeness (QED) is 0.210. The summed E-state index contributed by atoms with van der Waals surface area (Å²) in [5, 5.41) is 8.38. The maximum atomic E-state index is 12.9. The molecule has 1 N–H and O–H groups in total. The summed E-state index contributed by atoms with van der Waals surface area (Å²) in [6, 6.07) is 32.7. The van der Waals surface area contributed by atoms with E-state index in [1.807, 2.05) is 95.8 Å². The summed E-state index contributed by atoms with van der Waals surface area (Å²) >= 11 is 9.61. The number of rotatable bonds is 8. The van der Waals surface area contributed by atoms with E-state index >= 15 is 0 Å². The molecule has 0 spiro atoms. The minimum atomic E-state index is -0.158. The van der Waals surface area contributed by atoms with Crippen molar-refractivity contribution in [3.63, 3.8) is 0 Å². The molecule has 0 radical (unpaired) electrons. The van der Waals surface area contributed by atoms with Gasteiger partial charge < -0.3 is 10.1 Å². The molecule has 0 bridgehead atoms. The second-order valence-corrected chi connectivity index (χ2v) is 9.71. The summed E-state index contributed by atoms with van der Waals surface area (Å²) in [6.07, 6.45) is 1.96. The van der Waals surface area contributed by atoms with Crippen LogP contribution in [0.25, 0.3) is 16.9 Å². The van der Waals surface area contributed by atoms with Crippen molar-refractivity contribution in [1.29, 1.82) is 0 Å². The first-order valence-electron chi connectivity index (χ1n) is 11.7. The van der Waals surface area contributed by atoms with Crippen molar-refractivity contribution in [3.05, 3.63) is 136 Å². The second-order valence-electron chi connectivity index (χ2n) is 8.39. The molecule has 0 saturated carbocycles. The van der Waals surface area contributed by atoms with Gasteiger partial charge in [-0.1, -0.05) is 88.2 Å². The molecule has 37 heavy (non-hydrogen) atoms. The summed E-state index contributed by atoms with van der Waals surface area (Å²) in [5.74, 6) is 0.451. The van der Waals surface area contributed by atoms with Crippen LogP contribution in [0, 0.1) is 0 Å². The van der Waals surface area contributed by atoms with Crippen LogP contribution >= 0.6 is 27.5 Å². The zero-order valence-electron chi connectivity index (χ0n) is 19.8. The predicted octanol–water partition coefficient (Wildman–Crippen LogP) is 7.46. The van der Waals surface area contributed by atoms with Crippen LogP contribution in [0.2, 0.25) is 5.02 Å². The van der Waals surface area contributed by atoms with Crippen molar-refractivity contribution in [3.8, 4) is 22.7 Å². The smallest absolute Gasteiger partial charge is 0.251 e. The van der Waals surface area contributed by atoms with Gasteiger partial charge >= 0.3 is 0 Å². The number of hydrogen-bond donors (Lipinski definition) is 1. The molecule has 0 unspecified atom stereocenters. The maximum Gasteiger partial charge on any atom is 0.251 e. The second kappa shape index (κ2) is 11.5. The van der Waals surface area contributed by atoms with Crippen LogP contribution in [0.5, 0.6) is 5.75 Å². The Bertz CT molecular complexity index is 1500. The lowest BCUT2D eigenvalue weighted by molar-refractivity contribution is 0.0951. The number of amides is 1. The highest BCUT2D eigenvalue weighted by atomic mass is 79.9. The lowest BCUT2D eigenvalue weighted by Crippen LogP contribution is -2.22. The summed E-state index contributed by atoms with van der Waals surface area (Å²) in [5.41, 5.74) is 5.23. The molecule has 7 heteroatoms. The van der Waals surface area contributed by atoms with Gasteiger partial charge in [-0.2, -0.15) is 5.10 Å². The highest BCUT2D eigenvalue weighted by Gasteiger charge is 2.14. The van der Waals surface area contributed by atoms with E-state index in [1.54, 1.807) is 18.2 Å². The predicted molar refractivity (Wildman–Crippen MR) is 150 cm³/mol. The van der Waals surface area contributed by atoms with Gasteiger partial charge in [-0.15, -0.1) is 0 Å². The molecule has 0 aliphatic rings. The minimum Gasteiger partial charge on any atom is -0.487 e. The number of para-hydroxylation sites is 1. The molecule has 1 aromatic heterocycles. The molecule has 0 aliphatic heterocycles. The Labute approximate surface area is 228 Å². The number of ether oxygens (including phenoxy) is 1. The largest absolute Gasteiger partial charge is 0.487 e. The number of carbonyl (C=O) groups is 1. The van der Waals surface area contributed by atoms with Gasteiger partial charge in [-0.05, 0) is 48.0 Å². The van der Waals surface area contributed by atoms with Crippen molar-refractivity contribution < 1.29 is 9.53 Å². The summed E-state index contributed by atoms with van der Waals surface area (Å²) in [6.45, 7) is 0.700. The zero-order valence-corrected chi connectivity index (χ0v) is 22.1. The summed E-state index contributed by atoms with van der Waals surface area (Å²) in [4.78, 5) is 12.9. The first-order valence-corrected chi connectivity index (χ1v) is 12.9. The van der Waals surface area contributed by atoms with Crippen LogP contribution in [0.15, 0.2) is 114 Å². The SMILES string of the molecule is O=C(NCc1cn(-c2ccccc2)nc1-c1ccccc1)c1ccc(COc2ccc(Br)cc2Cl)cc1. The van der Waals surface area contributed by atoms with E-state index in [0.29, 0.717) is 29.5 Å². The van der Waals surface area contributed by atoms with Gasteiger partial charge in [-0.25, -0.2) is 4.68 Å². The van der Waals surface area contributed by atoms with Crippen LogP contribution in [0.1, 0.15) is 21.5 Å². The Morgan fingerprint density at radius 3 is 2.32 bits per heavy atom. The molecule has 4 aromatic carbocycles. The van der Waals surface area contributed by atoms with Crippen LogP contribution in [0.3, 0.4) is 0 Å². The fraction of sp³-hybridized carbons (Fsp3) is 0.0667. The molecule has 1 heterocycles. The van der Waals surface area contributed by atoms with E-state index in [1.165, 1.54) is 0 Å². The maximum absolute atomic E-state index is 12.9. The monoisotopic (exact) mass is 571 g/mol. The Balaban J connectivity index is 1.26. The van der Waals surface area contributed by atoms with Crippen molar-refractivity contribution in [1.82, 2.24) is 15.1 Å². The third-order valence-corrected chi connectivity index (χ3v) is 6.59. The van der Waals surface area contributed by atoms with E-state index in [4.69, 9.17) is 21.4 Å². The molecule has 184 valence electrons. The topological polar surface area (TPSA) is 56.2 Å². The van der Waals surface area contributed by atoms with Crippen molar-refractivity contribution in [2.45, 2.75) is 13.2 Å². The van der Waals surface area contributed by atoms with Crippen molar-refractivity contribution >= 4 is 33.4 Å². The van der Waals surface area contributed by atoms with Crippen LogP contribution in [0.4, 0.5) is 0 Å². The number of aromatic nitrogens is 2. The average molecular weight is 573 g/mol. The highest BCUT2D eigenvalue weighted by Crippen LogP contribution is 2.28. The normalized spacial score (nSPS) is 10.8. The van der Waals surface area contributed by atoms with E-state index in [2.05, 4.69) is 21.2 Å². The number of benzene rings is 4. The Morgan fingerprint density at radius 1 is 0.919 bits per heavy atom. The van der Waals surface area contributed by atoms with Crippen LogP contribution < -0.4 is 10.1 Å². The van der Waals surface area contributed by atoms with Crippen molar-refractivity contribution in [2.75, 3.05) is 0 Å². The third kappa shape index (κ3) is 6.10. The summed E-state index contributed by atoms with van der Waals surface area (Å²) in [7, 11) is 0. The van der Waals surface area contributed by atoms with Gasteiger partial charge in [0.2, 0.25) is 0 Å². The van der Waals surface area contributed by atoms with E-state index < -0.39 is 0 Å². The van der Waals surface area contributed by atoms with Gasteiger partial charge in [0.25, 0.3) is 5.91 Å². The van der Waals surface area contributed by atoms with E-state index in [-0.39, 0.29) is 5.91 Å². The van der Waals surface area contributed by atoms with E-state index in [9.17, 15) is 4.79 Å². The third-order valence-electron chi connectivity index (χ3n) is 5.80. The molecule has 0 atom stereocenters. The van der Waals surface area contributed by atoms with E-state index in [0.717, 1.165) is 32.5 Å². The molecule has 0 saturated heterocycles. The average Bonchev–Trinajstić information content (AvgIpc) is 3.37. The number of nitrogens with one attached hydrogen (secondary N) is 1. The number of nitrogens with zero attached hydrogens (tertiary/aromatic N) is 2. The van der Waals surface area contributed by atoms with Gasteiger partial charge in [0.05, 0.1) is 16.4 Å². The van der Waals surface area contributed by atoms with Crippen molar-refractivity contribution in [2.24, 2.45) is 0 Å². The highest BCUT2D eigenvalue weighted by molar-refractivity contribution is 9.10. The van der Waals surface area contributed by atoms with Gasteiger partial charge in [0, 0.05) is 33.9 Å². The molecular weight excluding hydrogens is 550 g/mol.